The maximum absolute atomic E-state index is 13.0. The zero-order valence-electron chi connectivity index (χ0n) is 24.9. The fraction of sp³-hybridized carbons (Fsp3) is 0.441. The molecule has 2 N–H and O–H groups in total. The molecule has 1 amide bonds. The highest BCUT2D eigenvalue weighted by molar-refractivity contribution is 5.89. The molecular formula is C34H48N4O. The number of benzene rings is 1. The largest absolute Gasteiger partial charge is 0.373 e. The molecule has 39 heavy (non-hydrogen) atoms. The molecule has 2 fully saturated rings. The van der Waals surface area contributed by atoms with Crippen molar-refractivity contribution in [1.29, 1.82) is 0 Å². The highest BCUT2D eigenvalue weighted by Crippen LogP contribution is 2.37. The van der Waals surface area contributed by atoms with Crippen molar-refractivity contribution >= 4 is 17.3 Å². The van der Waals surface area contributed by atoms with Crippen LogP contribution in [0.15, 0.2) is 90.0 Å². The SMILES string of the molecule is C=CCC/C=C(\C)N1CCCN(c2ccc(NC(=C(C)C)C3C(=O)NC4=CC=CC=CC43)c(C)c2)CC1.CC. The minimum absolute atomic E-state index is 0.0220. The summed E-state index contributed by atoms with van der Waals surface area (Å²) in [6.45, 7) is 20.6. The number of fused-ring (bicyclic) bond motifs is 1. The van der Waals surface area contributed by atoms with Crippen molar-refractivity contribution in [3.05, 3.63) is 95.5 Å². The van der Waals surface area contributed by atoms with Crippen molar-refractivity contribution in [3.8, 4) is 0 Å². The molecule has 2 aliphatic heterocycles. The Bertz CT molecular complexity index is 1170. The Morgan fingerprint density at radius 1 is 1.08 bits per heavy atom. The number of carbonyl (C=O) groups excluding carboxylic acids is 1. The quantitative estimate of drug-likeness (QED) is 0.271. The number of anilines is 2. The third-order valence-corrected chi connectivity index (χ3v) is 7.58. The molecule has 2 atom stereocenters. The van der Waals surface area contributed by atoms with Gasteiger partial charge in [-0.1, -0.05) is 55.9 Å². The Morgan fingerprint density at radius 3 is 2.59 bits per heavy atom. The van der Waals surface area contributed by atoms with E-state index in [0.717, 1.165) is 68.1 Å². The summed E-state index contributed by atoms with van der Waals surface area (Å²) in [6.07, 6.45) is 17.7. The molecule has 2 saturated heterocycles. The van der Waals surface area contributed by atoms with Gasteiger partial charge in [-0.05, 0) is 76.8 Å². The first-order valence-corrected chi connectivity index (χ1v) is 14.6. The Balaban J connectivity index is 0.00000205. The molecule has 4 rings (SSSR count). The number of allylic oxidation sites excluding steroid dienone is 9. The van der Waals surface area contributed by atoms with Gasteiger partial charge in [0.05, 0.1) is 5.92 Å². The van der Waals surface area contributed by atoms with Gasteiger partial charge in [0.1, 0.15) is 0 Å². The highest BCUT2D eigenvalue weighted by atomic mass is 16.2. The average Bonchev–Trinajstić information content (AvgIpc) is 3.14. The van der Waals surface area contributed by atoms with Crippen molar-refractivity contribution in [2.45, 2.75) is 60.8 Å². The number of amides is 1. The molecule has 5 nitrogen and oxygen atoms in total. The molecular weight excluding hydrogens is 480 g/mol. The number of hydrogen-bond acceptors (Lipinski definition) is 4. The fourth-order valence-corrected chi connectivity index (χ4v) is 5.44. The summed E-state index contributed by atoms with van der Waals surface area (Å²) in [4.78, 5) is 18.0. The van der Waals surface area contributed by atoms with E-state index in [1.54, 1.807) is 0 Å². The first-order chi connectivity index (χ1) is 18.9. The number of carbonyl (C=O) groups is 1. The standard InChI is InChI=1S/C32H42N4O.C2H6/c1-6-7-9-13-25(5)35-18-12-19-36(21-20-35)26-16-17-28(24(4)22-26)33-31(23(2)3)30-27-14-10-8-11-15-29(27)34-32(30)37;1-2/h6,8,10-11,13-17,22,27,30,33H,1,7,9,12,18-21H2,2-5H3,(H,34,37);1-2H3/b25-13+;. The van der Waals surface area contributed by atoms with Gasteiger partial charge in [-0.15, -0.1) is 6.58 Å². The Morgan fingerprint density at radius 2 is 1.87 bits per heavy atom. The van der Waals surface area contributed by atoms with E-state index in [1.165, 1.54) is 16.9 Å². The highest BCUT2D eigenvalue weighted by Gasteiger charge is 2.40. The number of nitrogens with one attached hydrogen (secondary N) is 2. The lowest BCUT2D eigenvalue weighted by Crippen LogP contribution is -2.30. The first-order valence-electron chi connectivity index (χ1n) is 14.6. The van der Waals surface area contributed by atoms with Crippen LogP contribution in [0.1, 0.15) is 59.4 Å². The van der Waals surface area contributed by atoms with Crippen LogP contribution in [0.25, 0.3) is 0 Å². The van der Waals surface area contributed by atoms with E-state index >= 15 is 0 Å². The molecule has 0 saturated carbocycles. The molecule has 2 heterocycles. The van der Waals surface area contributed by atoms with Crippen molar-refractivity contribution in [3.63, 3.8) is 0 Å². The number of hydrogen-bond donors (Lipinski definition) is 2. The van der Waals surface area contributed by atoms with Gasteiger partial charge in [-0.25, -0.2) is 0 Å². The second-order valence-corrected chi connectivity index (χ2v) is 10.5. The molecule has 5 heteroatoms. The Labute approximate surface area is 236 Å². The minimum atomic E-state index is -0.258. The van der Waals surface area contributed by atoms with E-state index < -0.39 is 0 Å². The molecule has 0 radical (unpaired) electrons. The average molecular weight is 529 g/mol. The van der Waals surface area contributed by atoms with Crippen LogP contribution in [0.3, 0.4) is 0 Å². The van der Waals surface area contributed by atoms with E-state index in [1.807, 2.05) is 44.2 Å². The summed E-state index contributed by atoms with van der Waals surface area (Å²) in [5, 5.41) is 6.75. The zero-order chi connectivity index (χ0) is 28.4. The predicted octanol–water partition coefficient (Wildman–Crippen LogP) is 7.48. The van der Waals surface area contributed by atoms with Gasteiger partial charge < -0.3 is 20.4 Å². The summed E-state index contributed by atoms with van der Waals surface area (Å²) in [6, 6.07) is 6.67. The summed E-state index contributed by atoms with van der Waals surface area (Å²) >= 11 is 0. The monoisotopic (exact) mass is 528 g/mol. The maximum Gasteiger partial charge on any atom is 0.234 e. The van der Waals surface area contributed by atoms with Crippen LogP contribution in [-0.2, 0) is 4.79 Å². The van der Waals surface area contributed by atoms with Crippen molar-refractivity contribution in [2.24, 2.45) is 11.8 Å². The van der Waals surface area contributed by atoms with Crippen LogP contribution >= 0.6 is 0 Å². The molecule has 0 aromatic heterocycles. The molecule has 1 aromatic carbocycles. The van der Waals surface area contributed by atoms with Gasteiger partial charge in [-0.3, -0.25) is 4.79 Å². The smallest absolute Gasteiger partial charge is 0.234 e. The van der Waals surface area contributed by atoms with Gasteiger partial charge in [0.25, 0.3) is 0 Å². The lowest BCUT2D eigenvalue weighted by atomic mass is 9.88. The van der Waals surface area contributed by atoms with Crippen molar-refractivity contribution in [2.75, 3.05) is 36.4 Å². The second kappa shape index (κ2) is 14.6. The molecule has 0 spiro atoms. The lowest BCUT2D eigenvalue weighted by molar-refractivity contribution is -0.121. The summed E-state index contributed by atoms with van der Waals surface area (Å²) in [7, 11) is 0. The van der Waals surface area contributed by atoms with Crippen LogP contribution < -0.4 is 15.5 Å². The molecule has 1 aliphatic carbocycles. The number of rotatable bonds is 8. The van der Waals surface area contributed by atoms with Crippen LogP contribution in [0.5, 0.6) is 0 Å². The van der Waals surface area contributed by atoms with Crippen LogP contribution in [0.4, 0.5) is 11.4 Å². The Kier molecular flexibility index (Phi) is 11.3. The van der Waals surface area contributed by atoms with Crippen molar-refractivity contribution < 1.29 is 4.79 Å². The third-order valence-electron chi connectivity index (χ3n) is 7.58. The van der Waals surface area contributed by atoms with Gasteiger partial charge >= 0.3 is 0 Å². The number of nitrogens with zero attached hydrogens (tertiary/aromatic N) is 2. The predicted molar refractivity (Wildman–Crippen MR) is 168 cm³/mol. The van der Waals surface area contributed by atoms with E-state index in [-0.39, 0.29) is 17.7 Å². The van der Waals surface area contributed by atoms with Crippen molar-refractivity contribution in [1.82, 2.24) is 10.2 Å². The van der Waals surface area contributed by atoms with Gasteiger partial charge in [0, 0.05) is 60.6 Å². The van der Waals surface area contributed by atoms with E-state index in [9.17, 15) is 4.79 Å². The van der Waals surface area contributed by atoms with E-state index in [2.05, 4.69) is 85.1 Å². The maximum atomic E-state index is 13.0. The minimum Gasteiger partial charge on any atom is -0.373 e. The number of unbranched alkanes of at least 4 members (excludes halogenated alkanes) is 1. The lowest BCUT2D eigenvalue weighted by Gasteiger charge is -2.26. The van der Waals surface area contributed by atoms with Gasteiger partial charge in [0.2, 0.25) is 5.91 Å². The second-order valence-electron chi connectivity index (χ2n) is 10.5. The number of aryl methyl sites for hydroxylation is 1. The molecule has 0 bridgehead atoms. The van der Waals surface area contributed by atoms with Gasteiger partial charge in [-0.2, -0.15) is 0 Å². The summed E-state index contributed by atoms with van der Waals surface area (Å²) < 4.78 is 0. The van der Waals surface area contributed by atoms with E-state index in [0.29, 0.717) is 0 Å². The topological polar surface area (TPSA) is 47.6 Å². The van der Waals surface area contributed by atoms with Crippen LogP contribution in [0.2, 0.25) is 0 Å². The van der Waals surface area contributed by atoms with Gasteiger partial charge in [0.15, 0.2) is 0 Å². The molecule has 2 unspecified atom stereocenters. The van der Waals surface area contributed by atoms with E-state index in [4.69, 9.17) is 0 Å². The molecule has 3 aliphatic rings. The summed E-state index contributed by atoms with van der Waals surface area (Å²) in [5.41, 5.74) is 7.95. The van der Waals surface area contributed by atoms with Crippen LogP contribution in [-0.4, -0.2) is 37.0 Å². The first kappa shape index (κ1) is 30.1. The normalized spacial score (nSPS) is 20.6. The molecule has 1 aromatic rings. The molecule has 210 valence electrons. The fourth-order valence-electron chi connectivity index (χ4n) is 5.44. The summed E-state index contributed by atoms with van der Waals surface area (Å²) in [5.74, 6) is -0.184. The third kappa shape index (κ3) is 7.56. The zero-order valence-corrected chi connectivity index (χ0v) is 24.9. The Hall–Kier alpha value is -3.47. The van der Waals surface area contributed by atoms with Crippen LogP contribution in [0, 0.1) is 18.8 Å².